The van der Waals surface area contributed by atoms with Gasteiger partial charge in [-0.15, -0.1) is 0 Å². The monoisotopic (exact) mass is 488 g/mol. The van der Waals surface area contributed by atoms with E-state index in [1.807, 2.05) is 36.4 Å². The van der Waals surface area contributed by atoms with Crippen molar-refractivity contribution in [1.82, 2.24) is 0 Å². The van der Waals surface area contributed by atoms with Crippen molar-refractivity contribution in [2.45, 2.75) is 38.4 Å². The topological polar surface area (TPSA) is 9.23 Å². The van der Waals surface area contributed by atoms with Crippen LogP contribution in [0.1, 0.15) is 38.3 Å². The summed E-state index contributed by atoms with van der Waals surface area (Å²) in [4.78, 5) is 0. The minimum Gasteiger partial charge on any atom is -0.407 e. The van der Waals surface area contributed by atoms with E-state index in [2.05, 4.69) is 51.6 Å². The Bertz CT molecular complexity index is 1050. The summed E-state index contributed by atoms with van der Waals surface area (Å²) < 4.78 is 46.6. The highest BCUT2D eigenvalue weighted by Gasteiger charge is 2.50. The molecule has 1 nitrogen and oxygen atoms in total. The van der Waals surface area contributed by atoms with Crippen molar-refractivity contribution >= 4 is 35.9 Å². The van der Waals surface area contributed by atoms with Gasteiger partial charge in [-0.2, -0.15) is 13.2 Å². The van der Waals surface area contributed by atoms with Crippen LogP contribution in [-0.4, -0.2) is 14.9 Å². The van der Waals surface area contributed by atoms with Crippen LogP contribution in [0, 0.1) is 0 Å². The number of alkyl halides is 3. The molecule has 0 radical (unpaired) electrons. The van der Waals surface area contributed by atoms with Gasteiger partial charge in [0.1, 0.15) is 0 Å². The fourth-order valence-electron chi connectivity index (χ4n) is 4.20. The van der Waals surface area contributed by atoms with Crippen LogP contribution in [0.25, 0.3) is 5.57 Å². The minimum absolute atomic E-state index is 0.180. The summed E-state index contributed by atoms with van der Waals surface area (Å²) in [5.74, 6) is 0. The largest absolute Gasteiger partial charge is 0.417 e. The molecular formula is C27H28ClF3OSi. The lowest BCUT2D eigenvalue weighted by Gasteiger charge is -2.43. The fraction of sp³-hybridized carbons (Fsp3) is 0.259. The lowest BCUT2D eigenvalue weighted by atomic mass is 10.0. The zero-order valence-electron chi connectivity index (χ0n) is 19.0. The Balaban J connectivity index is 1.91. The van der Waals surface area contributed by atoms with Crippen molar-refractivity contribution in [3.8, 4) is 0 Å². The van der Waals surface area contributed by atoms with E-state index in [1.165, 1.54) is 6.07 Å². The zero-order valence-corrected chi connectivity index (χ0v) is 20.8. The van der Waals surface area contributed by atoms with Crippen LogP contribution in [0.3, 0.4) is 0 Å². The van der Waals surface area contributed by atoms with Crippen LogP contribution in [0.2, 0.25) is 10.1 Å². The molecule has 0 amide bonds. The minimum atomic E-state index is -4.52. The molecule has 3 aromatic rings. The van der Waals surface area contributed by atoms with Crippen LogP contribution < -0.4 is 10.4 Å². The molecule has 3 rings (SSSR count). The fourth-order valence-corrected chi connectivity index (χ4v) is 8.98. The highest BCUT2D eigenvalue weighted by Crippen LogP contribution is 2.38. The first-order chi connectivity index (χ1) is 15.5. The van der Waals surface area contributed by atoms with Crippen molar-refractivity contribution in [1.29, 1.82) is 0 Å². The maximum Gasteiger partial charge on any atom is 0.417 e. The average molecular weight is 489 g/mol. The molecule has 0 heterocycles. The SMILES string of the molecule is C=C(CCO[Si](c1ccccc1)(c1ccccc1)C(C)(C)C)c1ccc(Cl)c(C(F)(F)F)c1. The predicted molar refractivity (Wildman–Crippen MR) is 134 cm³/mol. The standard InChI is InChI=1S/C27H28ClF3OSi/c1-20(21-15-16-25(28)24(19-21)27(29,30)31)17-18-32-33(26(2,3)4,22-11-7-5-8-12-22)23-13-9-6-10-14-23/h5-16,19H,1,17-18H2,2-4H3. The number of hydrogen-bond acceptors (Lipinski definition) is 1. The summed E-state index contributed by atoms with van der Waals surface area (Å²) in [7, 11) is -2.71. The van der Waals surface area contributed by atoms with Crippen molar-refractivity contribution in [2.75, 3.05) is 6.61 Å². The van der Waals surface area contributed by atoms with Gasteiger partial charge in [-0.05, 0) is 45.1 Å². The van der Waals surface area contributed by atoms with E-state index in [9.17, 15) is 13.2 Å². The Morgan fingerprint density at radius 1 is 0.879 bits per heavy atom. The third-order valence-electron chi connectivity index (χ3n) is 5.82. The first kappa shape index (κ1) is 25.3. The quantitative estimate of drug-likeness (QED) is 0.316. The highest BCUT2D eigenvalue weighted by atomic mass is 35.5. The smallest absolute Gasteiger partial charge is 0.407 e. The van der Waals surface area contributed by atoms with Crippen molar-refractivity contribution < 1.29 is 17.6 Å². The molecule has 0 saturated carbocycles. The highest BCUT2D eigenvalue weighted by molar-refractivity contribution is 6.99. The molecule has 0 spiro atoms. The van der Waals surface area contributed by atoms with Gasteiger partial charge in [0.25, 0.3) is 8.32 Å². The van der Waals surface area contributed by atoms with Gasteiger partial charge in [-0.1, -0.05) is 106 Å². The van der Waals surface area contributed by atoms with Crippen LogP contribution >= 0.6 is 11.6 Å². The molecule has 0 bridgehead atoms. The molecule has 0 N–H and O–H groups in total. The molecule has 0 saturated heterocycles. The average Bonchev–Trinajstić information content (AvgIpc) is 2.76. The molecule has 0 atom stereocenters. The van der Waals surface area contributed by atoms with Crippen molar-refractivity contribution in [2.24, 2.45) is 0 Å². The van der Waals surface area contributed by atoms with Gasteiger partial charge >= 0.3 is 6.18 Å². The van der Waals surface area contributed by atoms with Gasteiger partial charge < -0.3 is 4.43 Å². The summed E-state index contributed by atoms with van der Waals surface area (Å²) >= 11 is 5.77. The second-order valence-electron chi connectivity index (χ2n) is 9.06. The van der Waals surface area contributed by atoms with Crippen LogP contribution in [0.15, 0.2) is 85.4 Å². The summed E-state index contributed by atoms with van der Waals surface area (Å²) in [5, 5.41) is 1.81. The number of hydrogen-bond donors (Lipinski definition) is 0. The molecule has 0 aromatic heterocycles. The Morgan fingerprint density at radius 3 is 1.85 bits per heavy atom. The van der Waals surface area contributed by atoms with Crippen LogP contribution in [0.5, 0.6) is 0 Å². The maximum atomic E-state index is 13.3. The first-order valence-corrected chi connectivity index (χ1v) is 13.1. The number of rotatable bonds is 7. The Kier molecular flexibility index (Phi) is 7.57. The molecule has 0 unspecified atom stereocenters. The Labute approximate surface area is 200 Å². The summed E-state index contributed by atoms with van der Waals surface area (Å²) in [6.07, 6.45) is -4.11. The predicted octanol–water partition coefficient (Wildman–Crippen LogP) is 7.34. The van der Waals surface area contributed by atoms with E-state index in [-0.39, 0.29) is 10.1 Å². The van der Waals surface area contributed by atoms with Gasteiger partial charge in [-0.3, -0.25) is 0 Å². The number of halogens is 4. The normalized spacial score (nSPS) is 12.6. The maximum absolute atomic E-state index is 13.3. The summed E-state index contributed by atoms with van der Waals surface area (Å²) in [6.45, 7) is 10.9. The molecule has 3 aromatic carbocycles. The van der Waals surface area contributed by atoms with Gasteiger partial charge in [-0.25, -0.2) is 0 Å². The van der Waals surface area contributed by atoms with E-state index in [0.29, 0.717) is 24.2 Å². The third-order valence-corrected chi connectivity index (χ3v) is 11.2. The van der Waals surface area contributed by atoms with Gasteiger partial charge in [0.2, 0.25) is 0 Å². The van der Waals surface area contributed by atoms with Crippen molar-refractivity contribution in [3.63, 3.8) is 0 Å². The van der Waals surface area contributed by atoms with Gasteiger partial charge in [0.05, 0.1) is 10.6 Å². The Hall–Kier alpha value is -2.34. The van der Waals surface area contributed by atoms with Gasteiger partial charge in [0, 0.05) is 6.61 Å². The Morgan fingerprint density at radius 2 is 1.39 bits per heavy atom. The van der Waals surface area contributed by atoms with E-state index < -0.39 is 20.1 Å². The van der Waals surface area contributed by atoms with E-state index in [4.69, 9.17) is 16.0 Å². The third kappa shape index (κ3) is 5.43. The molecule has 33 heavy (non-hydrogen) atoms. The summed E-state index contributed by atoms with van der Waals surface area (Å²) in [6, 6.07) is 24.4. The molecule has 6 heteroatoms. The number of benzene rings is 3. The van der Waals surface area contributed by atoms with Crippen molar-refractivity contribution in [3.05, 3.63) is 102 Å². The molecule has 0 aliphatic carbocycles. The van der Waals surface area contributed by atoms with Crippen LogP contribution in [0.4, 0.5) is 13.2 Å². The zero-order chi connectivity index (χ0) is 24.3. The summed E-state index contributed by atoms with van der Waals surface area (Å²) in [5.41, 5.74) is 0.142. The van der Waals surface area contributed by atoms with E-state index in [1.54, 1.807) is 6.07 Å². The molecule has 0 aliphatic heterocycles. The molecule has 0 fully saturated rings. The molecular weight excluding hydrogens is 461 g/mol. The molecule has 174 valence electrons. The molecule has 0 aliphatic rings. The second kappa shape index (κ2) is 9.88. The second-order valence-corrected chi connectivity index (χ2v) is 13.8. The first-order valence-electron chi connectivity index (χ1n) is 10.8. The lowest BCUT2D eigenvalue weighted by molar-refractivity contribution is -0.137. The van der Waals surface area contributed by atoms with Crippen LogP contribution in [-0.2, 0) is 10.6 Å². The van der Waals surface area contributed by atoms with E-state index in [0.717, 1.165) is 16.4 Å². The van der Waals surface area contributed by atoms with E-state index >= 15 is 0 Å². The van der Waals surface area contributed by atoms with Gasteiger partial charge in [0.15, 0.2) is 0 Å². The lowest BCUT2D eigenvalue weighted by Crippen LogP contribution is -2.66.